The zero-order chi connectivity index (χ0) is 11.9. The van der Waals surface area contributed by atoms with Gasteiger partial charge >= 0.3 is 0 Å². The van der Waals surface area contributed by atoms with Gasteiger partial charge in [-0.2, -0.15) is 0 Å². The van der Waals surface area contributed by atoms with E-state index in [-0.39, 0.29) is 0 Å². The topological polar surface area (TPSA) is 49.3 Å². The number of benzene rings is 1. The maximum atomic E-state index is 11.3. The maximum absolute atomic E-state index is 11.3. The Morgan fingerprint density at radius 1 is 1.50 bits per heavy atom. The number of nitrogens with one attached hydrogen (secondary N) is 1. The molecule has 2 N–H and O–H groups in total. The molecular formula is C11H12ClNO2S. The van der Waals surface area contributed by atoms with Gasteiger partial charge in [-0.3, -0.25) is 4.79 Å². The molecule has 0 bridgehead atoms. The zero-order valence-electron chi connectivity index (χ0n) is 8.95. The standard InChI is InChI=1S/C11H12ClNO2S/c1-5(2)16-9-4-8-6(3-7(9)12)10(14)11(15)13-8/h3-5,10,14H,1-2H3,(H,13,15). The van der Waals surface area contributed by atoms with Crippen LogP contribution in [0.1, 0.15) is 25.5 Å². The molecular weight excluding hydrogens is 246 g/mol. The average Bonchev–Trinajstić information content (AvgIpc) is 2.44. The summed E-state index contributed by atoms with van der Waals surface area (Å²) >= 11 is 7.72. The van der Waals surface area contributed by atoms with Crippen LogP contribution in [-0.2, 0) is 4.79 Å². The van der Waals surface area contributed by atoms with E-state index in [4.69, 9.17) is 11.6 Å². The van der Waals surface area contributed by atoms with Crippen molar-refractivity contribution in [1.82, 2.24) is 0 Å². The van der Waals surface area contributed by atoms with Gasteiger partial charge < -0.3 is 10.4 Å². The third kappa shape index (κ3) is 2.05. The lowest BCUT2D eigenvalue weighted by atomic mass is 10.1. The van der Waals surface area contributed by atoms with Crippen LogP contribution in [0, 0.1) is 0 Å². The molecule has 0 saturated heterocycles. The fourth-order valence-corrected chi connectivity index (χ4v) is 2.76. The molecule has 3 nitrogen and oxygen atoms in total. The summed E-state index contributed by atoms with van der Waals surface area (Å²) in [5.41, 5.74) is 1.22. The Bertz CT molecular complexity index is 448. The number of fused-ring (bicyclic) bond motifs is 1. The summed E-state index contributed by atoms with van der Waals surface area (Å²) in [7, 11) is 0. The number of aliphatic hydroxyl groups excluding tert-OH is 1. The first-order valence-electron chi connectivity index (χ1n) is 4.98. The van der Waals surface area contributed by atoms with E-state index in [2.05, 4.69) is 19.2 Å². The SMILES string of the molecule is CC(C)Sc1cc2c(cc1Cl)C(O)C(=O)N2. The predicted molar refractivity (Wildman–Crippen MR) is 66.0 cm³/mol. The van der Waals surface area contributed by atoms with Gasteiger partial charge in [0.25, 0.3) is 5.91 Å². The molecule has 1 aliphatic rings. The van der Waals surface area contributed by atoms with Gasteiger partial charge in [-0.15, -0.1) is 11.8 Å². The summed E-state index contributed by atoms with van der Waals surface area (Å²) in [5.74, 6) is -0.391. The molecule has 1 aliphatic heterocycles. The van der Waals surface area contributed by atoms with E-state index in [9.17, 15) is 9.90 Å². The lowest BCUT2D eigenvalue weighted by molar-refractivity contribution is -0.123. The van der Waals surface area contributed by atoms with Crippen LogP contribution in [0.2, 0.25) is 5.02 Å². The van der Waals surface area contributed by atoms with E-state index in [0.29, 0.717) is 21.5 Å². The lowest BCUT2D eigenvalue weighted by Crippen LogP contribution is -2.10. The number of carbonyl (C=O) groups is 1. The van der Waals surface area contributed by atoms with Gasteiger partial charge in [-0.25, -0.2) is 0 Å². The zero-order valence-corrected chi connectivity index (χ0v) is 10.5. The van der Waals surface area contributed by atoms with Crippen LogP contribution in [0.15, 0.2) is 17.0 Å². The lowest BCUT2D eigenvalue weighted by Gasteiger charge is -2.09. The number of rotatable bonds is 2. The van der Waals surface area contributed by atoms with Crippen molar-refractivity contribution in [3.8, 4) is 0 Å². The summed E-state index contributed by atoms with van der Waals surface area (Å²) < 4.78 is 0. The summed E-state index contributed by atoms with van der Waals surface area (Å²) in [6.45, 7) is 4.14. The van der Waals surface area contributed by atoms with Crippen LogP contribution in [0.5, 0.6) is 0 Å². The molecule has 86 valence electrons. The minimum atomic E-state index is -1.09. The first-order chi connectivity index (χ1) is 7.49. The number of anilines is 1. The Labute approximate surface area is 103 Å². The highest BCUT2D eigenvalue weighted by Crippen LogP contribution is 2.39. The van der Waals surface area contributed by atoms with Crippen LogP contribution in [0.4, 0.5) is 5.69 Å². The molecule has 0 saturated carbocycles. The molecule has 2 rings (SSSR count). The second-order valence-electron chi connectivity index (χ2n) is 3.93. The molecule has 0 fully saturated rings. The molecule has 1 aromatic carbocycles. The number of halogens is 1. The summed E-state index contributed by atoms with van der Waals surface area (Å²) in [5, 5.41) is 13.2. The first kappa shape index (κ1) is 11.8. The molecule has 1 aromatic rings. The molecule has 1 atom stereocenters. The van der Waals surface area contributed by atoms with E-state index >= 15 is 0 Å². The Morgan fingerprint density at radius 3 is 2.81 bits per heavy atom. The van der Waals surface area contributed by atoms with Crippen LogP contribution in [0.3, 0.4) is 0 Å². The number of carbonyl (C=O) groups excluding carboxylic acids is 1. The van der Waals surface area contributed by atoms with Gasteiger partial charge in [-0.05, 0) is 12.1 Å². The summed E-state index contributed by atoms with van der Waals surface area (Å²) in [6.07, 6.45) is -1.09. The van der Waals surface area contributed by atoms with Gasteiger partial charge in [0, 0.05) is 21.4 Å². The minimum Gasteiger partial charge on any atom is -0.378 e. The van der Waals surface area contributed by atoms with E-state index in [0.717, 1.165) is 4.90 Å². The number of aliphatic hydroxyl groups is 1. The van der Waals surface area contributed by atoms with E-state index in [1.807, 2.05) is 6.07 Å². The summed E-state index contributed by atoms with van der Waals surface area (Å²) in [6, 6.07) is 3.47. The molecule has 0 spiro atoms. The Hall–Kier alpha value is -0.710. The van der Waals surface area contributed by atoms with Crippen LogP contribution in [-0.4, -0.2) is 16.3 Å². The third-order valence-corrected chi connectivity index (χ3v) is 3.76. The van der Waals surface area contributed by atoms with Gasteiger partial charge in [-0.1, -0.05) is 25.4 Å². The number of thioether (sulfide) groups is 1. The van der Waals surface area contributed by atoms with Crippen molar-refractivity contribution in [1.29, 1.82) is 0 Å². The normalized spacial score (nSPS) is 18.8. The number of hydrogen-bond donors (Lipinski definition) is 2. The number of hydrogen-bond acceptors (Lipinski definition) is 3. The minimum absolute atomic E-state index is 0.391. The quantitative estimate of drug-likeness (QED) is 0.801. The fraction of sp³-hybridized carbons (Fsp3) is 0.364. The molecule has 1 unspecified atom stereocenters. The highest BCUT2D eigenvalue weighted by Gasteiger charge is 2.29. The average molecular weight is 258 g/mol. The largest absolute Gasteiger partial charge is 0.378 e. The second-order valence-corrected chi connectivity index (χ2v) is 5.95. The van der Waals surface area contributed by atoms with Crippen molar-refractivity contribution in [2.45, 2.75) is 30.1 Å². The molecule has 0 aromatic heterocycles. The highest BCUT2D eigenvalue weighted by molar-refractivity contribution is 8.00. The Morgan fingerprint density at radius 2 is 2.19 bits per heavy atom. The van der Waals surface area contributed by atoms with Crippen LogP contribution >= 0.6 is 23.4 Å². The first-order valence-corrected chi connectivity index (χ1v) is 6.24. The van der Waals surface area contributed by atoms with E-state index in [1.54, 1.807) is 17.8 Å². The van der Waals surface area contributed by atoms with Crippen molar-refractivity contribution in [3.05, 3.63) is 22.7 Å². The molecule has 0 aliphatic carbocycles. The van der Waals surface area contributed by atoms with Crippen molar-refractivity contribution in [3.63, 3.8) is 0 Å². The number of amides is 1. The van der Waals surface area contributed by atoms with Gasteiger partial charge in [0.1, 0.15) is 0 Å². The van der Waals surface area contributed by atoms with Gasteiger partial charge in [0.05, 0.1) is 5.02 Å². The van der Waals surface area contributed by atoms with Crippen molar-refractivity contribution < 1.29 is 9.90 Å². The van der Waals surface area contributed by atoms with Crippen molar-refractivity contribution >= 4 is 35.0 Å². The third-order valence-electron chi connectivity index (χ3n) is 2.27. The predicted octanol–water partition coefficient (Wildman–Crippen LogP) is 2.83. The second kappa shape index (κ2) is 4.28. The molecule has 5 heteroatoms. The highest BCUT2D eigenvalue weighted by atomic mass is 35.5. The van der Waals surface area contributed by atoms with E-state index in [1.165, 1.54) is 0 Å². The van der Waals surface area contributed by atoms with Crippen molar-refractivity contribution in [2.75, 3.05) is 5.32 Å². The van der Waals surface area contributed by atoms with Crippen LogP contribution in [0.25, 0.3) is 0 Å². The van der Waals surface area contributed by atoms with Crippen LogP contribution < -0.4 is 5.32 Å². The molecule has 0 radical (unpaired) electrons. The monoisotopic (exact) mass is 257 g/mol. The Kier molecular flexibility index (Phi) is 3.15. The molecule has 16 heavy (non-hydrogen) atoms. The van der Waals surface area contributed by atoms with Gasteiger partial charge in [0.2, 0.25) is 0 Å². The fourth-order valence-electron chi connectivity index (χ4n) is 1.59. The molecule has 1 heterocycles. The maximum Gasteiger partial charge on any atom is 0.257 e. The molecule has 1 amide bonds. The van der Waals surface area contributed by atoms with Crippen molar-refractivity contribution in [2.24, 2.45) is 0 Å². The van der Waals surface area contributed by atoms with Gasteiger partial charge in [0.15, 0.2) is 6.10 Å². The van der Waals surface area contributed by atoms with E-state index < -0.39 is 12.0 Å². The smallest absolute Gasteiger partial charge is 0.257 e. The summed E-state index contributed by atoms with van der Waals surface area (Å²) in [4.78, 5) is 12.2. The Balaban J connectivity index is 2.40.